The molecule has 1 aromatic heterocycles. The molecule has 1 amide bonds. The molecule has 5 nitrogen and oxygen atoms in total. The Labute approximate surface area is 255 Å². The topological polar surface area (TPSA) is 59.8 Å². The fourth-order valence-electron chi connectivity index (χ4n) is 4.61. The van der Waals surface area contributed by atoms with Crippen molar-refractivity contribution in [3.63, 3.8) is 0 Å². The molecule has 0 aliphatic heterocycles. The number of thioether (sulfide) groups is 1. The Morgan fingerprint density at radius 2 is 1.66 bits per heavy atom. The average molecular weight is 614 g/mol. The number of rotatable bonds is 15. The minimum Gasteiger partial charge on any atom is -0.346 e. The molecule has 0 aliphatic carbocycles. The maximum absolute atomic E-state index is 13.4. The lowest BCUT2D eigenvalue weighted by atomic mass is 10.0. The molecule has 0 bridgehead atoms. The van der Waals surface area contributed by atoms with E-state index in [1.165, 1.54) is 43.2 Å². The van der Waals surface area contributed by atoms with Crippen molar-refractivity contribution in [1.29, 1.82) is 0 Å². The summed E-state index contributed by atoms with van der Waals surface area (Å²) in [6, 6.07) is 21.2. The lowest BCUT2D eigenvalue weighted by molar-refractivity contribution is -0.122. The summed E-state index contributed by atoms with van der Waals surface area (Å²) < 4.78 is 15.3. The van der Waals surface area contributed by atoms with Gasteiger partial charge in [-0.15, -0.1) is 10.2 Å². The Morgan fingerprint density at radius 1 is 0.927 bits per heavy atom. The fourth-order valence-corrected chi connectivity index (χ4v) is 6.01. The zero-order chi connectivity index (χ0) is 29.0. The first-order chi connectivity index (χ1) is 19.9. The molecule has 9 heteroatoms. The van der Waals surface area contributed by atoms with Crippen molar-refractivity contribution in [2.45, 2.75) is 75.2 Å². The summed E-state index contributed by atoms with van der Waals surface area (Å²) in [4.78, 5) is 13.2. The predicted octanol–water partition coefficient (Wildman–Crippen LogP) is 9.16. The van der Waals surface area contributed by atoms with Crippen LogP contribution in [0.1, 0.15) is 74.9 Å². The Bertz CT molecular complexity index is 1400. The van der Waals surface area contributed by atoms with Gasteiger partial charge in [0.1, 0.15) is 5.82 Å². The highest BCUT2D eigenvalue weighted by molar-refractivity contribution is 7.98. The molecule has 3 aromatic carbocycles. The van der Waals surface area contributed by atoms with E-state index < -0.39 is 6.04 Å². The summed E-state index contributed by atoms with van der Waals surface area (Å²) in [6.07, 6.45) is 7.67. The molecule has 1 heterocycles. The molecular weight excluding hydrogens is 578 g/mol. The van der Waals surface area contributed by atoms with Gasteiger partial charge in [0.2, 0.25) is 5.91 Å². The Morgan fingerprint density at radius 3 is 2.39 bits per heavy atom. The molecule has 0 aliphatic rings. The smallest absolute Gasteiger partial charge is 0.220 e. The van der Waals surface area contributed by atoms with Gasteiger partial charge < -0.3 is 5.32 Å². The summed E-state index contributed by atoms with van der Waals surface area (Å²) in [5, 5.41) is 13.9. The minimum atomic E-state index is -0.440. The van der Waals surface area contributed by atoms with Crippen LogP contribution in [-0.2, 0) is 17.0 Å². The summed E-state index contributed by atoms with van der Waals surface area (Å²) in [5.74, 6) is 0.837. The number of aromatic nitrogens is 3. The maximum atomic E-state index is 13.4. The van der Waals surface area contributed by atoms with E-state index in [2.05, 4.69) is 22.4 Å². The molecule has 1 unspecified atom stereocenters. The zero-order valence-corrected chi connectivity index (χ0v) is 25.5. The molecule has 0 saturated carbocycles. The first kappa shape index (κ1) is 31.1. The van der Waals surface area contributed by atoms with E-state index >= 15 is 0 Å². The molecule has 4 aromatic rings. The highest BCUT2D eigenvalue weighted by Crippen LogP contribution is 2.33. The number of hydrogen-bond donors (Lipinski definition) is 1. The normalized spacial score (nSPS) is 11.9. The van der Waals surface area contributed by atoms with Gasteiger partial charge in [0.15, 0.2) is 11.0 Å². The van der Waals surface area contributed by atoms with Gasteiger partial charge in [-0.1, -0.05) is 116 Å². The van der Waals surface area contributed by atoms with E-state index in [1.807, 2.05) is 41.0 Å². The molecule has 1 atom stereocenters. The zero-order valence-electron chi connectivity index (χ0n) is 23.2. The maximum Gasteiger partial charge on any atom is 0.220 e. The van der Waals surface area contributed by atoms with E-state index in [0.29, 0.717) is 45.3 Å². The standard InChI is InChI=1S/C32H35Cl2FN4OS/c1-2-3-4-5-6-10-13-30(40)36-28(20-23-11-8-7-9-12-23)31-37-38-32(41-22-24-14-17-26(35)18-15-24)39(31)29-19-16-25(33)21-27(29)34/h7-9,11-12,14-19,21,28H,2-6,10,13,20,22H2,1H3,(H,36,40). The second-order valence-corrected chi connectivity index (χ2v) is 11.8. The molecule has 216 valence electrons. The van der Waals surface area contributed by atoms with Crippen molar-refractivity contribution in [2.24, 2.45) is 0 Å². The van der Waals surface area contributed by atoms with Crippen LogP contribution in [0, 0.1) is 5.82 Å². The largest absolute Gasteiger partial charge is 0.346 e. The number of nitrogens with zero attached hydrogens (tertiary/aromatic N) is 3. The van der Waals surface area contributed by atoms with Crippen molar-refractivity contribution in [3.8, 4) is 5.69 Å². The number of halogens is 3. The second-order valence-electron chi connectivity index (χ2n) is 10.0. The number of carbonyl (C=O) groups excluding carboxylic acids is 1. The van der Waals surface area contributed by atoms with E-state index in [9.17, 15) is 9.18 Å². The third-order valence-electron chi connectivity index (χ3n) is 6.78. The number of unbranched alkanes of at least 4 members (excludes halogenated alkanes) is 5. The highest BCUT2D eigenvalue weighted by atomic mass is 35.5. The quantitative estimate of drug-likeness (QED) is 0.107. The molecule has 0 saturated heterocycles. The van der Waals surface area contributed by atoms with E-state index in [1.54, 1.807) is 24.3 Å². The molecule has 0 spiro atoms. The lowest BCUT2D eigenvalue weighted by Crippen LogP contribution is -2.32. The van der Waals surface area contributed by atoms with Crippen LogP contribution in [0.5, 0.6) is 0 Å². The van der Waals surface area contributed by atoms with Gasteiger partial charge in [0.25, 0.3) is 0 Å². The van der Waals surface area contributed by atoms with Gasteiger partial charge in [-0.3, -0.25) is 9.36 Å². The Hall–Kier alpha value is -2.87. The van der Waals surface area contributed by atoms with E-state index in [-0.39, 0.29) is 11.7 Å². The SMILES string of the molecule is CCCCCCCCC(=O)NC(Cc1ccccc1)c1nnc(SCc2ccc(F)cc2)n1-c1ccc(Cl)cc1Cl. The van der Waals surface area contributed by atoms with Gasteiger partial charge >= 0.3 is 0 Å². The monoisotopic (exact) mass is 612 g/mol. The third-order valence-corrected chi connectivity index (χ3v) is 8.32. The van der Waals surface area contributed by atoms with Gasteiger partial charge in [-0.2, -0.15) is 0 Å². The summed E-state index contributed by atoms with van der Waals surface area (Å²) in [7, 11) is 0. The summed E-state index contributed by atoms with van der Waals surface area (Å²) in [5.41, 5.74) is 2.68. The Balaban J connectivity index is 1.63. The van der Waals surface area contributed by atoms with E-state index in [4.69, 9.17) is 23.2 Å². The molecule has 1 N–H and O–H groups in total. The first-order valence-corrected chi connectivity index (χ1v) is 15.8. The number of benzene rings is 3. The first-order valence-electron chi connectivity index (χ1n) is 14.1. The Kier molecular flexibility index (Phi) is 12.1. The fraction of sp³-hybridized carbons (Fsp3) is 0.344. The summed E-state index contributed by atoms with van der Waals surface area (Å²) in [6.45, 7) is 2.20. The van der Waals surface area contributed by atoms with Crippen molar-refractivity contribution >= 4 is 40.9 Å². The van der Waals surface area contributed by atoms with Crippen LogP contribution in [0.15, 0.2) is 78.0 Å². The van der Waals surface area contributed by atoms with Gasteiger partial charge in [0, 0.05) is 17.2 Å². The average Bonchev–Trinajstić information content (AvgIpc) is 3.38. The number of amides is 1. The second kappa shape index (κ2) is 15.9. The summed E-state index contributed by atoms with van der Waals surface area (Å²) >= 11 is 14.4. The molecule has 4 rings (SSSR count). The molecule has 41 heavy (non-hydrogen) atoms. The van der Waals surface area contributed by atoms with Crippen molar-refractivity contribution in [1.82, 2.24) is 20.1 Å². The van der Waals surface area contributed by atoms with Crippen LogP contribution in [-0.4, -0.2) is 20.7 Å². The third kappa shape index (κ3) is 9.32. The van der Waals surface area contributed by atoms with Gasteiger partial charge in [-0.05, 0) is 54.3 Å². The van der Waals surface area contributed by atoms with Crippen LogP contribution in [0.2, 0.25) is 10.0 Å². The van der Waals surface area contributed by atoms with Crippen LogP contribution >= 0.6 is 35.0 Å². The van der Waals surface area contributed by atoms with Crippen LogP contribution in [0.4, 0.5) is 4.39 Å². The van der Waals surface area contributed by atoms with Crippen molar-refractivity contribution in [3.05, 3.63) is 106 Å². The van der Waals surface area contributed by atoms with Crippen LogP contribution in [0.25, 0.3) is 5.69 Å². The highest BCUT2D eigenvalue weighted by Gasteiger charge is 2.26. The molecule has 0 fully saturated rings. The number of nitrogens with one attached hydrogen (secondary N) is 1. The van der Waals surface area contributed by atoms with Crippen LogP contribution in [0.3, 0.4) is 0 Å². The van der Waals surface area contributed by atoms with Crippen LogP contribution < -0.4 is 5.32 Å². The van der Waals surface area contributed by atoms with Gasteiger partial charge in [-0.25, -0.2) is 4.39 Å². The lowest BCUT2D eigenvalue weighted by Gasteiger charge is -2.21. The molecular formula is C32H35Cl2FN4OS. The van der Waals surface area contributed by atoms with E-state index in [0.717, 1.165) is 30.4 Å². The van der Waals surface area contributed by atoms with Crippen molar-refractivity contribution in [2.75, 3.05) is 0 Å². The number of hydrogen-bond acceptors (Lipinski definition) is 4. The predicted molar refractivity (Wildman–Crippen MR) is 166 cm³/mol. The number of carbonyl (C=O) groups is 1. The minimum absolute atomic E-state index is 0.0151. The van der Waals surface area contributed by atoms with Crippen molar-refractivity contribution < 1.29 is 9.18 Å². The molecule has 0 radical (unpaired) electrons. The van der Waals surface area contributed by atoms with Gasteiger partial charge in [0.05, 0.1) is 16.8 Å².